The van der Waals surface area contributed by atoms with Crippen LogP contribution in [0.1, 0.15) is 34.7 Å². The van der Waals surface area contributed by atoms with Gasteiger partial charge in [-0.2, -0.15) is 4.98 Å². The van der Waals surface area contributed by atoms with Crippen molar-refractivity contribution in [2.24, 2.45) is 0 Å². The van der Waals surface area contributed by atoms with Crippen molar-refractivity contribution in [3.8, 4) is 0 Å². The maximum absolute atomic E-state index is 12.1. The number of amides is 2. The van der Waals surface area contributed by atoms with Gasteiger partial charge < -0.3 is 9.32 Å². The predicted octanol–water partition coefficient (Wildman–Crippen LogP) is 2.41. The zero-order valence-corrected chi connectivity index (χ0v) is 12.0. The molecule has 1 aromatic carbocycles. The van der Waals surface area contributed by atoms with E-state index in [9.17, 15) is 9.59 Å². The van der Waals surface area contributed by atoms with Gasteiger partial charge in [-0.25, -0.2) is 0 Å². The van der Waals surface area contributed by atoms with E-state index < -0.39 is 0 Å². The zero-order chi connectivity index (χ0) is 15.2. The third-order valence-electron chi connectivity index (χ3n) is 3.03. The molecule has 2 amide bonds. The molecule has 0 saturated heterocycles. The van der Waals surface area contributed by atoms with Gasteiger partial charge in [0.25, 0.3) is 11.8 Å². The minimum Gasteiger partial charge on any atom is -0.431 e. The highest BCUT2D eigenvalue weighted by Crippen LogP contribution is 2.11. The molecule has 0 fully saturated rings. The van der Waals surface area contributed by atoms with Gasteiger partial charge in [0.15, 0.2) is 5.69 Å². The summed E-state index contributed by atoms with van der Waals surface area (Å²) in [4.78, 5) is 29.6. The topological polar surface area (TPSA) is 75.4 Å². The first-order chi connectivity index (χ1) is 10.2. The van der Waals surface area contributed by atoms with Gasteiger partial charge in [0.2, 0.25) is 0 Å². The number of nitrogens with one attached hydrogen (secondary N) is 1. The molecule has 0 spiro atoms. The molecule has 0 atom stereocenters. The Balaban J connectivity index is 2.07. The number of nitrogens with zero attached hydrogens (tertiary/aromatic N) is 2. The van der Waals surface area contributed by atoms with Gasteiger partial charge in [-0.1, -0.05) is 18.2 Å². The lowest BCUT2D eigenvalue weighted by Gasteiger charge is -2.16. The largest absolute Gasteiger partial charge is 0.431 e. The summed E-state index contributed by atoms with van der Waals surface area (Å²) in [6.45, 7) is 4.96. The summed E-state index contributed by atoms with van der Waals surface area (Å²) in [5.41, 5.74) is 0.675. The first kappa shape index (κ1) is 14.8. The first-order valence-electron chi connectivity index (χ1n) is 6.76. The van der Waals surface area contributed by atoms with Crippen molar-refractivity contribution in [2.75, 3.05) is 18.4 Å². The molecule has 6 heteroatoms. The SMILES string of the molecule is CCN(CC)C(=O)c1coc(NC(=O)c2ccccc2)n1. The van der Waals surface area contributed by atoms with E-state index in [1.807, 2.05) is 19.9 Å². The van der Waals surface area contributed by atoms with Crippen LogP contribution in [0.2, 0.25) is 0 Å². The fourth-order valence-corrected chi connectivity index (χ4v) is 1.86. The van der Waals surface area contributed by atoms with Crippen LogP contribution in [-0.2, 0) is 0 Å². The van der Waals surface area contributed by atoms with Crippen LogP contribution in [0.25, 0.3) is 0 Å². The van der Waals surface area contributed by atoms with Crippen LogP contribution in [0, 0.1) is 0 Å². The molecule has 0 aliphatic heterocycles. The highest BCUT2D eigenvalue weighted by molar-refractivity contribution is 6.03. The molecule has 0 saturated carbocycles. The molecular weight excluding hydrogens is 270 g/mol. The Hall–Kier alpha value is -2.63. The van der Waals surface area contributed by atoms with Crippen molar-refractivity contribution < 1.29 is 14.0 Å². The Morgan fingerprint density at radius 3 is 2.48 bits per heavy atom. The average molecular weight is 287 g/mol. The van der Waals surface area contributed by atoms with E-state index in [1.54, 1.807) is 29.2 Å². The highest BCUT2D eigenvalue weighted by Gasteiger charge is 2.18. The summed E-state index contributed by atoms with van der Waals surface area (Å²) in [6.07, 6.45) is 1.25. The fraction of sp³-hybridized carbons (Fsp3) is 0.267. The van der Waals surface area contributed by atoms with Gasteiger partial charge in [0.1, 0.15) is 6.26 Å². The van der Waals surface area contributed by atoms with Crippen molar-refractivity contribution in [1.29, 1.82) is 0 Å². The van der Waals surface area contributed by atoms with Crippen molar-refractivity contribution in [3.63, 3.8) is 0 Å². The van der Waals surface area contributed by atoms with Crippen molar-refractivity contribution in [3.05, 3.63) is 47.9 Å². The molecular formula is C15H17N3O3. The van der Waals surface area contributed by atoms with E-state index in [0.717, 1.165) is 0 Å². The molecule has 1 heterocycles. The highest BCUT2D eigenvalue weighted by atomic mass is 16.4. The molecule has 0 aliphatic rings. The molecule has 2 rings (SSSR count). The smallest absolute Gasteiger partial charge is 0.302 e. The van der Waals surface area contributed by atoms with E-state index in [1.165, 1.54) is 6.26 Å². The quantitative estimate of drug-likeness (QED) is 0.916. The monoisotopic (exact) mass is 287 g/mol. The van der Waals surface area contributed by atoms with E-state index in [0.29, 0.717) is 18.7 Å². The predicted molar refractivity (Wildman–Crippen MR) is 78.1 cm³/mol. The minimum absolute atomic E-state index is 0.0133. The van der Waals surface area contributed by atoms with Crippen LogP contribution in [-0.4, -0.2) is 34.8 Å². The van der Waals surface area contributed by atoms with Gasteiger partial charge in [-0.3, -0.25) is 14.9 Å². The van der Waals surface area contributed by atoms with Gasteiger partial charge in [0, 0.05) is 18.7 Å². The van der Waals surface area contributed by atoms with Crippen molar-refractivity contribution in [2.45, 2.75) is 13.8 Å². The maximum Gasteiger partial charge on any atom is 0.302 e. The summed E-state index contributed by atoms with van der Waals surface area (Å²) in [5.74, 6) is -0.553. The number of benzene rings is 1. The minimum atomic E-state index is -0.334. The van der Waals surface area contributed by atoms with Crippen LogP contribution < -0.4 is 5.32 Å². The molecule has 0 aliphatic carbocycles. The Kier molecular flexibility index (Phi) is 4.71. The second kappa shape index (κ2) is 6.69. The molecule has 1 aromatic heterocycles. The molecule has 21 heavy (non-hydrogen) atoms. The second-order valence-electron chi connectivity index (χ2n) is 4.34. The Labute approximate surface area is 122 Å². The molecule has 0 bridgehead atoms. The van der Waals surface area contributed by atoms with Crippen LogP contribution in [0.15, 0.2) is 41.0 Å². The number of rotatable bonds is 5. The normalized spacial score (nSPS) is 10.2. The van der Waals surface area contributed by atoms with E-state index in [4.69, 9.17) is 4.42 Å². The number of aromatic nitrogens is 1. The lowest BCUT2D eigenvalue weighted by Crippen LogP contribution is -2.30. The van der Waals surface area contributed by atoms with Crippen LogP contribution in [0.4, 0.5) is 6.01 Å². The van der Waals surface area contributed by atoms with E-state index in [2.05, 4.69) is 10.3 Å². The maximum atomic E-state index is 12.1. The average Bonchev–Trinajstić information content (AvgIpc) is 2.97. The molecule has 1 N–H and O–H groups in total. The molecule has 110 valence electrons. The summed E-state index contributed by atoms with van der Waals surface area (Å²) in [7, 11) is 0. The third-order valence-corrected chi connectivity index (χ3v) is 3.03. The number of anilines is 1. The standard InChI is InChI=1S/C15H17N3O3/c1-3-18(4-2)14(20)12-10-21-15(16-12)17-13(19)11-8-6-5-7-9-11/h5-10H,3-4H2,1-2H3,(H,16,17,19). The number of hydrogen-bond donors (Lipinski definition) is 1. The van der Waals surface area contributed by atoms with Crippen LogP contribution >= 0.6 is 0 Å². The molecule has 6 nitrogen and oxygen atoms in total. The number of carbonyl (C=O) groups is 2. The first-order valence-corrected chi connectivity index (χ1v) is 6.76. The van der Waals surface area contributed by atoms with Crippen molar-refractivity contribution in [1.82, 2.24) is 9.88 Å². The zero-order valence-electron chi connectivity index (χ0n) is 12.0. The summed E-state index contributed by atoms with van der Waals surface area (Å²) in [6, 6.07) is 8.72. The van der Waals surface area contributed by atoms with E-state index in [-0.39, 0.29) is 23.5 Å². The summed E-state index contributed by atoms with van der Waals surface area (Å²) >= 11 is 0. The Morgan fingerprint density at radius 2 is 1.86 bits per heavy atom. The molecule has 0 radical (unpaired) electrons. The lowest BCUT2D eigenvalue weighted by atomic mass is 10.2. The Bertz CT molecular complexity index is 618. The summed E-state index contributed by atoms with van der Waals surface area (Å²) in [5, 5.41) is 2.52. The van der Waals surface area contributed by atoms with Gasteiger partial charge in [-0.15, -0.1) is 0 Å². The van der Waals surface area contributed by atoms with E-state index >= 15 is 0 Å². The Morgan fingerprint density at radius 1 is 1.19 bits per heavy atom. The van der Waals surface area contributed by atoms with Gasteiger partial charge in [-0.05, 0) is 26.0 Å². The number of hydrogen-bond acceptors (Lipinski definition) is 4. The molecule has 0 unspecified atom stereocenters. The fourth-order valence-electron chi connectivity index (χ4n) is 1.86. The van der Waals surface area contributed by atoms with Crippen LogP contribution in [0.3, 0.4) is 0 Å². The van der Waals surface area contributed by atoms with Gasteiger partial charge in [0.05, 0.1) is 0 Å². The second-order valence-corrected chi connectivity index (χ2v) is 4.34. The van der Waals surface area contributed by atoms with Gasteiger partial charge >= 0.3 is 6.01 Å². The van der Waals surface area contributed by atoms with Crippen LogP contribution in [0.5, 0.6) is 0 Å². The van der Waals surface area contributed by atoms with Crippen molar-refractivity contribution >= 4 is 17.8 Å². The number of oxazole rings is 1. The molecule has 2 aromatic rings. The third kappa shape index (κ3) is 3.47. The summed E-state index contributed by atoms with van der Waals surface area (Å²) < 4.78 is 5.13. The lowest BCUT2D eigenvalue weighted by molar-refractivity contribution is 0.0767. The number of carbonyl (C=O) groups excluding carboxylic acids is 2.